The van der Waals surface area contributed by atoms with Crippen LogP contribution in [0.4, 0.5) is 0 Å². The summed E-state index contributed by atoms with van der Waals surface area (Å²) < 4.78 is 7.83. The summed E-state index contributed by atoms with van der Waals surface area (Å²) in [6.45, 7) is 6.43. The number of nitrogens with zero attached hydrogens (tertiary/aromatic N) is 3. The lowest BCUT2D eigenvalue weighted by Gasteiger charge is -2.33. The molecule has 0 saturated carbocycles. The Bertz CT molecular complexity index is 688. The lowest BCUT2D eigenvalue weighted by Crippen LogP contribution is -2.38. The van der Waals surface area contributed by atoms with Gasteiger partial charge in [0.25, 0.3) is 0 Å². The van der Waals surface area contributed by atoms with E-state index in [9.17, 15) is 0 Å². The molecule has 4 rings (SSSR count). The van der Waals surface area contributed by atoms with E-state index in [4.69, 9.17) is 4.74 Å². The molecule has 0 unspecified atom stereocenters. The van der Waals surface area contributed by atoms with Gasteiger partial charge in [-0.25, -0.2) is 4.98 Å². The van der Waals surface area contributed by atoms with E-state index in [1.54, 1.807) is 6.20 Å². The SMILES string of the molecule is Cn1ccnc1COc1ccc(CN2CCC3(CCNCC3)C2)cc1. The third-order valence-electron chi connectivity index (χ3n) is 5.80. The molecule has 1 aromatic carbocycles. The number of likely N-dealkylation sites (tertiary alicyclic amines) is 1. The second-order valence-electron chi connectivity index (χ2n) is 7.60. The average Bonchev–Trinajstić information content (AvgIpc) is 3.21. The Morgan fingerprint density at radius 2 is 1.96 bits per heavy atom. The fourth-order valence-corrected chi connectivity index (χ4v) is 4.16. The Morgan fingerprint density at radius 3 is 2.68 bits per heavy atom. The Kier molecular flexibility index (Phi) is 4.77. The van der Waals surface area contributed by atoms with E-state index in [0.717, 1.165) is 18.1 Å². The van der Waals surface area contributed by atoms with Gasteiger partial charge in [0.05, 0.1) is 0 Å². The second kappa shape index (κ2) is 7.18. The van der Waals surface area contributed by atoms with Crippen LogP contribution in [0.1, 0.15) is 30.7 Å². The zero-order valence-corrected chi connectivity index (χ0v) is 15.1. The zero-order valence-electron chi connectivity index (χ0n) is 15.1. The minimum Gasteiger partial charge on any atom is -0.486 e. The summed E-state index contributed by atoms with van der Waals surface area (Å²) in [6, 6.07) is 8.55. The summed E-state index contributed by atoms with van der Waals surface area (Å²) in [7, 11) is 1.99. The van der Waals surface area contributed by atoms with Gasteiger partial charge in [0.1, 0.15) is 18.2 Å². The van der Waals surface area contributed by atoms with E-state index in [2.05, 4.69) is 39.5 Å². The van der Waals surface area contributed by atoms with Crippen molar-refractivity contribution in [1.29, 1.82) is 0 Å². The van der Waals surface area contributed by atoms with Crippen LogP contribution in [0.25, 0.3) is 0 Å². The predicted molar refractivity (Wildman–Crippen MR) is 98.4 cm³/mol. The maximum atomic E-state index is 5.84. The summed E-state index contributed by atoms with van der Waals surface area (Å²) in [6.07, 6.45) is 7.77. The smallest absolute Gasteiger partial charge is 0.146 e. The quantitative estimate of drug-likeness (QED) is 0.908. The Balaban J connectivity index is 1.29. The van der Waals surface area contributed by atoms with Gasteiger partial charge in [0.2, 0.25) is 0 Å². The molecule has 0 aliphatic carbocycles. The molecule has 2 aliphatic rings. The van der Waals surface area contributed by atoms with Crippen molar-refractivity contribution in [2.24, 2.45) is 12.5 Å². The molecule has 2 fully saturated rings. The van der Waals surface area contributed by atoms with Crippen molar-refractivity contribution in [3.63, 3.8) is 0 Å². The molecular weight excluding hydrogens is 312 g/mol. The topological polar surface area (TPSA) is 42.3 Å². The molecule has 5 heteroatoms. The number of hydrogen-bond donors (Lipinski definition) is 1. The highest BCUT2D eigenvalue weighted by Gasteiger charge is 2.38. The maximum absolute atomic E-state index is 5.84. The highest BCUT2D eigenvalue weighted by atomic mass is 16.5. The number of aromatic nitrogens is 2. The normalized spacial score (nSPS) is 20.2. The summed E-state index contributed by atoms with van der Waals surface area (Å²) >= 11 is 0. The predicted octanol–water partition coefficient (Wildman–Crippen LogP) is 2.57. The molecule has 2 aliphatic heterocycles. The molecule has 0 radical (unpaired) electrons. The number of piperidine rings is 1. The number of benzene rings is 1. The van der Waals surface area contributed by atoms with Gasteiger partial charge in [-0.15, -0.1) is 0 Å². The summed E-state index contributed by atoms with van der Waals surface area (Å²) in [4.78, 5) is 6.91. The monoisotopic (exact) mass is 340 g/mol. The number of hydrogen-bond acceptors (Lipinski definition) is 4. The van der Waals surface area contributed by atoms with E-state index in [-0.39, 0.29) is 0 Å². The fourth-order valence-electron chi connectivity index (χ4n) is 4.16. The molecule has 0 amide bonds. The first-order valence-electron chi connectivity index (χ1n) is 9.34. The standard InChI is InChI=1S/C20H28N4O/c1-23-13-11-22-19(23)15-25-18-4-2-17(3-5-18)14-24-12-8-20(16-24)6-9-21-10-7-20/h2-5,11,13,21H,6-10,12,14-16H2,1H3. The van der Waals surface area contributed by atoms with Gasteiger partial charge in [-0.05, 0) is 62.0 Å². The van der Waals surface area contributed by atoms with Crippen molar-refractivity contribution < 1.29 is 4.74 Å². The van der Waals surface area contributed by atoms with E-state index in [1.807, 2.05) is 17.8 Å². The first-order chi connectivity index (χ1) is 12.2. The van der Waals surface area contributed by atoms with Crippen molar-refractivity contribution in [2.75, 3.05) is 26.2 Å². The van der Waals surface area contributed by atoms with Gasteiger partial charge in [-0.3, -0.25) is 4.90 Å². The Labute approximate surface area is 150 Å². The van der Waals surface area contributed by atoms with Crippen LogP contribution in [-0.4, -0.2) is 40.6 Å². The number of rotatable bonds is 5. The third-order valence-corrected chi connectivity index (χ3v) is 5.80. The second-order valence-corrected chi connectivity index (χ2v) is 7.60. The molecule has 25 heavy (non-hydrogen) atoms. The molecule has 3 heterocycles. The van der Waals surface area contributed by atoms with E-state index in [0.29, 0.717) is 12.0 Å². The molecule has 1 spiro atoms. The molecule has 1 aromatic heterocycles. The lowest BCUT2D eigenvalue weighted by molar-refractivity contribution is 0.194. The fraction of sp³-hybridized carbons (Fsp3) is 0.550. The van der Waals surface area contributed by atoms with Crippen LogP contribution in [0.15, 0.2) is 36.7 Å². The number of imidazole rings is 1. The molecule has 2 saturated heterocycles. The maximum Gasteiger partial charge on any atom is 0.146 e. The van der Waals surface area contributed by atoms with Crippen LogP contribution in [0, 0.1) is 5.41 Å². The minimum atomic E-state index is 0.505. The van der Waals surface area contributed by atoms with Gasteiger partial charge < -0.3 is 14.6 Å². The van der Waals surface area contributed by atoms with E-state index >= 15 is 0 Å². The average molecular weight is 340 g/mol. The Morgan fingerprint density at radius 1 is 1.16 bits per heavy atom. The van der Waals surface area contributed by atoms with Crippen molar-refractivity contribution in [3.05, 3.63) is 48.0 Å². The van der Waals surface area contributed by atoms with Crippen molar-refractivity contribution in [3.8, 4) is 5.75 Å². The van der Waals surface area contributed by atoms with E-state index in [1.165, 1.54) is 51.0 Å². The van der Waals surface area contributed by atoms with Crippen LogP contribution < -0.4 is 10.1 Å². The van der Waals surface area contributed by atoms with Gasteiger partial charge in [0, 0.05) is 32.5 Å². The van der Waals surface area contributed by atoms with Gasteiger partial charge in [-0.2, -0.15) is 0 Å². The molecule has 1 N–H and O–H groups in total. The van der Waals surface area contributed by atoms with Crippen molar-refractivity contribution in [2.45, 2.75) is 32.4 Å². The van der Waals surface area contributed by atoms with E-state index < -0.39 is 0 Å². The van der Waals surface area contributed by atoms with Crippen molar-refractivity contribution >= 4 is 0 Å². The van der Waals surface area contributed by atoms with Crippen molar-refractivity contribution in [1.82, 2.24) is 19.8 Å². The van der Waals surface area contributed by atoms with Crippen LogP contribution in [0.3, 0.4) is 0 Å². The number of ether oxygens (including phenoxy) is 1. The number of aryl methyl sites for hydroxylation is 1. The molecule has 2 aromatic rings. The first kappa shape index (κ1) is 16.6. The number of nitrogens with one attached hydrogen (secondary N) is 1. The summed E-state index contributed by atoms with van der Waals surface area (Å²) in [5, 5.41) is 3.49. The molecular formula is C20H28N4O. The van der Waals surface area contributed by atoms with Gasteiger partial charge in [-0.1, -0.05) is 12.1 Å². The highest BCUT2D eigenvalue weighted by Crippen LogP contribution is 2.39. The zero-order chi connectivity index (χ0) is 17.1. The molecule has 5 nitrogen and oxygen atoms in total. The Hall–Kier alpha value is -1.85. The lowest BCUT2D eigenvalue weighted by atomic mass is 9.78. The largest absolute Gasteiger partial charge is 0.486 e. The summed E-state index contributed by atoms with van der Waals surface area (Å²) in [5.41, 5.74) is 1.95. The minimum absolute atomic E-state index is 0.505. The van der Waals surface area contributed by atoms with Crippen LogP contribution in [-0.2, 0) is 20.2 Å². The molecule has 0 bridgehead atoms. The van der Waals surface area contributed by atoms with Gasteiger partial charge >= 0.3 is 0 Å². The van der Waals surface area contributed by atoms with Crippen LogP contribution in [0.5, 0.6) is 5.75 Å². The highest BCUT2D eigenvalue weighted by molar-refractivity contribution is 5.27. The van der Waals surface area contributed by atoms with Crippen LogP contribution in [0.2, 0.25) is 0 Å². The van der Waals surface area contributed by atoms with Crippen LogP contribution >= 0.6 is 0 Å². The third kappa shape index (κ3) is 3.88. The molecule has 134 valence electrons. The van der Waals surface area contributed by atoms with Gasteiger partial charge in [0.15, 0.2) is 0 Å². The first-order valence-corrected chi connectivity index (χ1v) is 9.34. The molecule has 0 atom stereocenters. The summed E-state index contributed by atoms with van der Waals surface area (Å²) in [5.74, 6) is 1.84.